The van der Waals surface area contributed by atoms with Gasteiger partial charge in [0.1, 0.15) is 29.1 Å². The summed E-state index contributed by atoms with van der Waals surface area (Å²) >= 11 is 0. The summed E-state index contributed by atoms with van der Waals surface area (Å²) < 4.78 is 5.54. The minimum atomic E-state index is -0.411. The zero-order valence-corrected chi connectivity index (χ0v) is 12.0. The van der Waals surface area contributed by atoms with Crippen LogP contribution in [0.2, 0.25) is 0 Å². The van der Waals surface area contributed by atoms with E-state index in [0.717, 1.165) is 11.8 Å². The molecule has 0 atom stereocenters. The Kier molecular flexibility index (Phi) is 4.96. The molecule has 0 aromatic rings. The van der Waals surface area contributed by atoms with Crippen molar-refractivity contribution < 1.29 is 9.53 Å². The normalized spacial score (nSPS) is 12.1. The summed E-state index contributed by atoms with van der Waals surface area (Å²) in [5.41, 5.74) is 0.455. The lowest BCUT2D eigenvalue weighted by Gasteiger charge is -2.32. The van der Waals surface area contributed by atoms with Crippen LogP contribution in [-0.2, 0) is 9.53 Å². The van der Waals surface area contributed by atoms with Crippen molar-refractivity contribution in [1.82, 2.24) is 0 Å². The van der Waals surface area contributed by atoms with Gasteiger partial charge in [-0.2, -0.15) is 0 Å². The van der Waals surface area contributed by atoms with Crippen molar-refractivity contribution in [3.05, 3.63) is 10.8 Å². The van der Waals surface area contributed by atoms with Crippen molar-refractivity contribution in [2.45, 2.75) is 46.6 Å². The van der Waals surface area contributed by atoms with Crippen LogP contribution in [0.5, 0.6) is 0 Å². The van der Waals surface area contributed by atoms with Gasteiger partial charge in [0.25, 0.3) is 0 Å². The third-order valence-electron chi connectivity index (χ3n) is 2.38. The highest BCUT2D eigenvalue weighted by Crippen LogP contribution is 2.29. The third-order valence-corrected chi connectivity index (χ3v) is 2.38. The van der Waals surface area contributed by atoms with Gasteiger partial charge in [0.15, 0.2) is 0 Å². The van der Waals surface area contributed by atoms with Gasteiger partial charge in [0, 0.05) is 0 Å². The molecular weight excluding hydrogens is 197 g/mol. The van der Waals surface area contributed by atoms with Crippen LogP contribution in [0.3, 0.4) is 0 Å². The van der Waals surface area contributed by atoms with Crippen LogP contribution >= 0.6 is 0 Å². The van der Waals surface area contributed by atoms with Crippen LogP contribution in [0.4, 0.5) is 0 Å². The molecule has 2 nitrogen and oxygen atoms in total. The van der Waals surface area contributed by atoms with Crippen molar-refractivity contribution in [2.24, 2.45) is 5.41 Å². The second kappa shape index (κ2) is 5.16. The predicted molar refractivity (Wildman–Crippen MR) is 76.9 cm³/mol. The van der Waals surface area contributed by atoms with Crippen LogP contribution in [0.15, 0.2) is 10.8 Å². The molecule has 0 bridgehead atoms. The maximum atomic E-state index is 11.8. The molecule has 0 saturated heterocycles. The number of ether oxygens (including phenoxy) is 1. The van der Waals surface area contributed by atoms with Crippen molar-refractivity contribution in [3.63, 3.8) is 0 Å². The van der Waals surface area contributed by atoms with Gasteiger partial charge in [0.2, 0.25) is 0 Å². The molecule has 16 heavy (non-hydrogen) atoms. The summed E-state index contributed by atoms with van der Waals surface area (Å²) in [6.45, 7) is 10.4. The molecule has 0 fully saturated rings. The van der Waals surface area contributed by atoms with E-state index >= 15 is 0 Å². The second-order valence-electron chi connectivity index (χ2n) is 6.51. The fourth-order valence-electron chi connectivity index (χ4n) is 1.84. The second-order valence-corrected chi connectivity index (χ2v) is 6.51. The summed E-state index contributed by atoms with van der Waals surface area (Å²) in [5, 5.41) is 1.01. The summed E-state index contributed by atoms with van der Waals surface area (Å²) in [6, 6.07) is 0. The molecule has 0 aromatic carbocycles. The van der Waals surface area contributed by atoms with Crippen molar-refractivity contribution in [2.75, 3.05) is 0 Å². The molecule has 0 aromatic heterocycles. The zero-order chi connectivity index (χ0) is 13.1. The highest BCUT2D eigenvalue weighted by molar-refractivity contribution is 6.55. The van der Waals surface area contributed by atoms with Crippen LogP contribution in [0.25, 0.3) is 0 Å². The molecule has 5 heteroatoms. The molecule has 0 saturated carbocycles. The lowest BCUT2D eigenvalue weighted by Crippen LogP contribution is -2.33. The summed E-state index contributed by atoms with van der Waals surface area (Å²) in [7, 11) is 5.66. The average molecular weight is 220 g/mol. The number of hydrogen-bond donors (Lipinski definition) is 0. The van der Waals surface area contributed by atoms with Gasteiger partial charge in [-0.25, -0.2) is 4.79 Å². The van der Waals surface area contributed by atoms with Crippen LogP contribution < -0.4 is 0 Å². The third kappa shape index (κ3) is 6.09. The van der Waals surface area contributed by atoms with E-state index in [-0.39, 0.29) is 11.4 Å². The largest absolute Gasteiger partial charge is 0.457 e. The summed E-state index contributed by atoms with van der Waals surface area (Å²) in [6.07, 6.45) is 0.849. The van der Waals surface area contributed by atoms with Gasteiger partial charge in [-0.3, -0.25) is 0 Å². The van der Waals surface area contributed by atoms with Gasteiger partial charge in [-0.1, -0.05) is 20.8 Å². The van der Waals surface area contributed by atoms with E-state index in [4.69, 9.17) is 4.74 Å². The molecule has 0 radical (unpaired) electrons. The standard InChI is InChI=1S/C11H23B3O2/c1-10(2,3)6-11(4,5)16-9(15)7(12)8(13)14/h6,12-14H2,1-5H3. The lowest BCUT2D eigenvalue weighted by molar-refractivity contribution is -0.153. The minimum Gasteiger partial charge on any atom is -0.457 e. The Balaban J connectivity index is 4.62. The van der Waals surface area contributed by atoms with Crippen molar-refractivity contribution >= 4 is 29.5 Å². The highest BCUT2D eigenvalue weighted by atomic mass is 16.6. The smallest absolute Gasteiger partial charge is 0.323 e. The van der Waals surface area contributed by atoms with E-state index in [9.17, 15) is 4.79 Å². The maximum absolute atomic E-state index is 11.8. The monoisotopic (exact) mass is 220 g/mol. The molecule has 0 aliphatic heterocycles. The van der Waals surface area contributed by atoms with E-state index in [1.54, 1.807) is 0 Å². The predicted octanol–water partition coefficient (Wildman–Crippen LogP) is -0.187. The summed E-state index contributed by atoms with van der Waals surface area (Å²) in [4.78, 5) is 11.8. The molecule has 0 N–H and O–H groups in total. The van der Waals surface area contributed by atoms with Crippen LogP contribution in [0, 0.1) is 5.41 Å². The van der Waals surface area contributed by atoms with Crippen LogP contribution in [0.1, 0.15) is 41.0 Å². The van der Waals surface area contributed by atoms with E-state index in [0.29, 0.717) is 5.47 Å². The van der Waals surface area contributed by atoms with E-state index in [1.807, 2.05) is 37.4 Å². The van der Waals surface area contributed by atoms with Gasteiger partial charge in [-0.15, -0.1) is 5.37 Å². The topological polar surface area (TPSA) is 26.3 Å². The molecule has 0 aliphatic rings. The first kappa shape index (κ1) is 15.4. The lowest BCUT2D eigenvalue weighted by atomic mass is 9.69. The number of hydrogen-bond acceptors (Lipinski definition) is 2. The number of carbonyl (C=O) groups excluding carboxylic acids is 1. The Morgan fingerprint density at radius 1 is 1.06 bits per heavy atom. The number of carbonyl (C=O) groups is 1. The Morgan fingerprint density at radius 3 is 1.81 bits per heavy atom. The Labute approximate surface area is 102 Å². The molecule has 0 rings (SSSR count). The number of rotatable bonds is 3. The molecule has 0 heterocycles. The quantitative estimate of drug-likeness (QED) is 0.374. The summed E-state index contributed by atoms with van der Waals surface area (Å²) in [5.74, 6) is -0.200. The molecule has 0 spiro atoms. The van der Waals surface area contributed by atoms with Crippen LogP contribution in [-0.4, -0.2) is 35.1 Å². The zero-order valence-electron chi connectivity index (χ0n) is 12.0. The molecule has 88 valence electrons. The SMILES string of the molecule is BC(B)=C(B)C(=O)OC(C)(C)CC(C)(C)C. The number of esters is 1. The first-order valence-electron chi connectivity index (χ1n) is 5.82. The van der Waals surface area contributed by atoms with Gasteiger partial charge < -0.3 is 4.74 Å². The van der Waals surface area contributed by atoms with E-state index in [1.165, 1.54) is 0 Å². The minimum absolute atomic E-state index is 0.155. The fourth-order valence-corrected chi connectivity index (χ4v) is 1.84. The van der Waals surface area contributed by atoms with E-state index < -0.39 is 5.60 Å². The molecule has 0 aliphatic carbocycles. The molecular formula is C11H23B3O2. The Hall–Kier alpha value is -0.595. The Morgan fingerprint density at radius 2 is 1.50 bits per heavy atom. The average Bonchev–Trinajstić information content (AvgIpc) is 1.96. The Bertz CT molecular complexity index is 297. The van der Waals surface area contributed by atoms with E-state index in [2.05, 4.69) is 20.8 Å². The van der Waals surface area contributed by atoms with Gasteiger partial charge in [0.05, 0.1) is 0 Å². The van der Waals surface area contributed by atoms with Gasteiger partial charge >= 0.3 is 5.97 Å². The first-order chi connectivity index (χ1) is 6.94. The van der Waals surface area contributed by atoms with Gasteiger partial charge in [-0.05, 0) is 31.2 Å². The molecule has 0 amide bonds. The highest BCUT2D eigenvalue weighted by Gasteiger charge is 2.29. The van der Waals surface area contributed by atoms with Crippen molar-refractivity contribution in [1.29, 1.82) is 0 Å². The fraction of sp³-hybridized carbons (Fsp3) is 0.727. The maximum Gasteiger partial charge on any atom is 0.323 e. The first-order valence-corrected chi connectivity index (χ1v) is 5.82. The van der Waals surface area contributed by atoms with Crippen molar-refractivity contribution in [3.8, 4) is 0 Å². The molecule has 0 unspecified atom stereocenters.